The molecule has 0 fully saturated rings. The number of hydrogen-bond acceptors (Lipinski definition) is 2. The SMILES string of the molecule is CC(C)(O)[C@H]1Cc2ccccc2C1=O. The van der Waals surface area contributed by atoms with Crippen LogP contribution in [0.5, 0.6) is 0 Å². The van der Waals surface area contributed by atoms with Gasteiger partial charge in [0.25, 0.3) is 0 Å². The van der Waals surface area contributed by atoms with Crippen molar-refractivity contribution in [1.82, 2.24) is 0 Å². The van der Waals surface area contributed by atoms with Crippen molar-refractivity contribution in [3.8, 4) is 0 Å². The quantitative estimate of drug-likeness (QED) is 0.733. The largest absolute Gasteiger partial charge is 0.390 e. The van der Waals surface area contributed by atoms with Crippen molar-refractivity contribution in [3.05, 3.63) is 35.4 Å². The summed E-state index contributed by atoms with van der Waals surface area (Å²) in [6, 6.07) is 7.59. The van der Waals surface area contributed by atoms with Crippen LogP contribution in [0.25, 0.3) is 0 Å². The number of carbonyl (C=O) groups excluding carboxylic acids is 1. The molecule has 0 saturated carbocycles. The van der Waals surface area contributed by atoms with E-state index in [-0.39, 0.29) is 11.7 Å². The minimum atomic E-state index is -0.921. The maximum absolute atomic E-state index is 11.9. The Hall–Kier alpha value is -1.15. The van der Waals surface area contributed by atoms with Gasteiger partial charge >= 0.3 is 0 Å². The smallest absolute Gasteiger partial charge is 0.169 e. The third-order valence-corrected chi connectivity index (χ3v) is 2.88. The minimum Gasteiger partial charge on any atom is -0.390 e. The molecule has 1 aliphatic carbocycles. The van der Waals surface area contributed by atoms with Crippen molar-refractivity contribution in [1.29, 1.82) is 0 Å². The number of aliphatic hydroxyl groups is 1. The molecule has 0 saturated heterocycles. The molecule has 0 bridgehead atoms. The summed E-state index contributed by atoms with van der Waals surface area (Å²) in [5.74, 6) is -0.201. The Morgan fingerprint density at radius 2 is 2.00 bits per heavy atom. The molecule has 2 heteroatoms. The van der Waals surface area contributed by atoms with Gasteiger partial charge in [-0.15, -0.1) is 0 Å². The van der Waals surface area contributed by atoms with Crippen LogP contribution in [0.3, 0.4) is 0 Å². The van der Waals surface area contributed by atoms with Gasteiger partial charge in [0.15, 0.2) is 5.78 Å². The van der Waals surface area contributed by atoms with Crippen LogP contribution in [-0.4, -0.2) is 16.5 Å². The lowest BCUT2D eigenvalue weighted by Crippen LogP contribution is -2.34. The lowest BCUT2D eigenvalue weighted by Gasteiger charge is -2.23. The van der Waals surface area contributed by atoms with Gasteiger partial charge in [-0.25, -0.2) is 0 Å². The minimum absolute atomic E-state index is 0.0769. The van der Waals surface area contributed by atoms with Crippen LogP contribution in [0.1, 0.15) is 29.8 Å². The molecule has 0 aliphatic heterocycles. The van der Waals surface area contributed by atoms with Crippen LogP contribution in [0.4, 0.5) is 0 Å². The fraction of sp³-hybridized carbons (Fsp3) is 0.417. The molecule has 0 amide bonds. The van der Waals surface area contributed by atoms with E-state index in [0.717, 1.165) is 11.1 Å². The van der Waals surface area contributed by atoms with Gasteiger partial charge in [-0.3, -0.25) is 4.79 Å². The molecule has 1 aromatic carbocycles. The molecule has 0 radical (unpaired) electrons. The van der Waals surface area contributed by atoms with E-state index < -0.39 is 5.60 Å². The highest BCUT2D eigenvalue weighted by atomic mass is 16.3. The summed E-state index contributed by atoms with van der Waals surface area (Å²) >= 11 is 0. The van der Waals surface area contributed by atoms with Gasteiger partial charge in [-0.1, -0.05) is 24.3 Å². The summed E-state index contributed by atoms with van der Waals surface area (Å²) in [5.41, 5.74) is 0.917. The van der Waals surface area contributed by atoms with Crippen LogP contribution >= 0.6 is 0 Å². The molecule has 0 heterocycles. The number of carbonyl (C=O) groups is 1. The lowest BCUT2D eigenvalue weighted by atomic mass is 9.88. The van der Waals surface area contributed by atoms with Crippen LogP contribution in [0.2, 0.25) is 0 Å². The Kier molecular flexibility index (Phi) is 1.96. The van der Waals surface area contributed by atoms with Crippen molar-refractivity contribution in [2.24, 2.45) is 5.92 Å². The van der Waals surface area contributed by atoms with Crippen LogP contribution in [0, 0.1) is 5.92 Å². The molecule has 1 aliphatic rings. The zero-order valence-electron chi connectivity index (χ0n) is 8.45. The summed E-state index contributed by atoms with van der Waals surface area (Å²) in [4.78, 5) is 11.9. The van der Waals surface area contributed by atoms with Crippen molar-refractivity contribution in [2.45, 2.75) is 25.9 Å². The summed E-state index contributed by atoms with van der Waals surface area (Å²) in [5, 5.41) is 9.84. The normalized spacial score (nSPS) is 21.1. The molecule has 1 N–H and O–H groups in total. The predicted octanol–water partition coefficient (Wildman–Crippen LogP) is 1.81. The van der Waals surface area contributed by atoms with E-state index in [2.05, 4.69) is 0 Å². The number of benzene rings is 1. The number of rotatable bonds is 1. The molecule has 14 heavy (non-hydrogen) atoms. The Labute approximate surface area is 83.6 Å². The van der Waals surface area contributed by atoms with E-state index >= 15 is 0 Å². The fourth-order valence-electron chi connectivity index (χ4n) is 2.01. The zero-order chi connectivity index (χ0) is 10.3. The van der Waals surface area contributed by atoms with Gasteiger partial charge in [-0.2, -0.15) is 0 Å². The van der Waals surface area contributed by atoms with Gasteiger partial charge in [0.2, 0.25) is 0 Å². The van der Waals surface area contributed by atoms with Crippen LogP contribution < -0.4 is 0 Å². The van der Waals surface area contributed by atoms with E-state index in [1.807, 2.05) is 24.3 Å². The highest BCUT2D eigenvalue weighted by molar-refractivity contribution is 6.02. The molecule has 0 aromatic heterocycles. The molecule has 74 valence electrons. The topological polar surface area (TPSA) is 37.3 Å². The second-order valence-corrected chi connectivity index (χ2v) is 4.43. The summed E-state index contributed by atoms with van der Waals surface area (Å²) < 4.78 is 0. The number of hydrogen-bond donors (Lipinski definition) is 1. The van der Waals surface area contributed by atoms with Gasteiger partial charge in [0.05, 0.1) is 11.5 Å². The van der Waals surface area contributed by atoms with E-state index in [9.17, 15) is 9.90 Å². The average molecular weight is 190 g/mol. The first-order chi connectivity index (χ1) is 6.50. The van der Waals surface area contributed by atoms with Crippen LogP contribution in [-0.2, 0) is 6.42 Å². The monoisotopic (exact) mass is 190 g/mol. The number of fused-ring (bicyclic) bond motifs is 1. The lowest BCUT2D eigenvalue weighted by molar-refractivity contribution is 0.0225. The summed E-state index contributed by atoms with van der Waals surface area (Å²) in [6.07, 6.45) is 0.665. The first-order valence-electron chi connectivity index (χ1n) is 4.84. The second kappa shape index (κ2) is 2.92. The van der Waals surface area contributed by atoms with E-state index in [4.69, 9.17) is 0 Å². The van der Waals surface area contributed by atoms with Gasteiger partial charge < -0.3 is 5.11 Å². The van der Waals surface area contributed by atoms with E-state index in [1.54, 1.807) is 13.8 Å². The molecule has 1 aromatic rings. The highest BCUT2D eigenvalue weighted by Gasteiger charge is 2.39. The average Bonchev–Trinajstić information content (AvgIpc) is 2.44. The molecule has 1 atom stereocenters. The second-order valence-electron chi connectivity index (χ2n) is 4.43. The third kappa shape index (κ3) is 1.36. The van der Waals surface area contributed by atoms with Gasteiger partial charge in [0, 0.05) is 5.56 Å². The van der Waals surface area contributed by atoms with E-state index in [1.165, 1.54) is 0 Å². The fourth-order valence-corrected chi connectivity index (χ4v) is 2.01. The van der Waals surface area contributed by atoms with Gasteiger partial charge in [-0.05, 0) is 25.8 Å². The van der Waals surface area contributed by atoms with Crippen molar-refractivity contribution in [2.75, 3.05) is 0 Å². The van der Waals surface area contributed by atoms with Crippen molar-refractivity contribution < 1.29 is 9.90 Å². The van der Waals surface area contributed by atoms with E-state index in [0.29, 0.717) is 6.42 Å². The molecule has 0 spiro atoms. The van der Waals surface area contributed by atoms with Crippen molar-refractivity contribution >= 4 is 5.78 Å². The standard InChI is InChI=1S/C12H14O2/c1-12(2,14)10-7-8-5-3-4-6-9(8)11(10)13/h3-6,10,14H,7H2,1-2H3/t10-/m0/s1. The third-order valence-electron chi connectivity index (χ3n) is 2.88. The molecule has 0 unspecified atom stereocenters. The Balaban J connectivity index is 2.40. The Morgan fingerprint density at radius 3 is 2.57 bits per heavy atom. The first-order valence-corrected chi connectivity index (χ1v) is 4.84. The van der Waals surface area contributed by atoms with Crippen LogP contribution in [0.15, 0.2) is 24.3 Å². The maximum Gasteiger partial charge on any atom is 0.169 e. The predicted molar refractivity (Wildman–Crippen MR) is 54.3 cm³/mol. The number of Topliss-reactive ketones (excluding diaryl/α,β-unsaturated/α-hetero) is 1. The molecule has 2 rings (SSSR count). The maximum atomic E-state index is 11.9. The van der Waals surface area contributed by atoms with Gasteiger partial charge in [0.1, 0.15) is 0 Å². The highest BCUT2D eigenvalue weighted by Crippen LogP contribution is 2.33. The zero-order valence-corrected chi connectivity index (χ0v) is 8.45. The summed E-state index contributed by atoms with van der Waals surface area (Å²) in [7, 11) is 0. The first kappa shape index (κ1) is 9.41. The molecular weight excluding hydrogens is 176 g/mol. The summed E-state index contributed by atoms with van der Waals surface area (Å²) in [6.45, 7) is 3.39. The molecular formula is C12H14O2. The van der Waals surface area contributed by atoms with Crippen molar-refractivity contribution in [3.63, 3.8) is 0 Å². The Bertz CT molecular complexity index is 374. The number of ketones is 1. The molecule has 2 nitrogen and oxygen atoms in total. The Morgan fingerprint density at radius 1 is 1.36 bits per heavy atom.